The first kappa shape index (κ1) is 28.9. The third-order valence-corrected chi connectivity index (χ3v) is 6.00. The van der Waals surface area contributed by atoms with Gasteiger partial charge in [-0.05, 0) is 49.2 Å². The van der Waals surface area contributed by atoms with Gasteiger partial charge in [-0.3, -0.25) is 10.1 Å². The van der Waals surface area contributed by atoms with Crippen LogP contribution in [-0.4, -0.2) is 43.4 Å². The van der Waals surface area contributed by atoms with Crippen molar-refractivity contribution in [1.29, 1.82) is 10.5 Å². The molecule has 0 aliphatic carbocycles. The Bertz CT molecular complexity index is 1480. The number of hydrogen-bond donors (Lipinski definition) is 1. The number of nitro benzene ring substituents is 1. The van der Waals surface area contributed by atoms with Crippen molar-refractivity contribution in [2.75, 3.05) is 32.2 Å². The molecule has 200 valence electrons. The average Bonchev–Trinajstić information content (AvgIpc) is 2.91. The summed E-state index contributed by atoms with van der Waals surface area (Å²) in [5, 5.41) is 49.4. The summed E-state index contributed by atoms with van der Waals surface area (Å²) in [7, 11) is 3.29. The number of azo groups is 1. The van der Waals surface area contributed by atoms with Gasteiger partial charge in [-0.25, -0.2) is 0 Å². The molecule has 0 heterocycles. The molecule has 0 saturated carbocycles. The number of halogens is 1. The molecule has 0 bridgehead atoms. The summed E-state index contributed by atoms with van der Waals surface area (Å²) in [4.78, 5) is 12.2. The number of nitrogens with zero attached hydrogens (tertiary/aromatic N) is 6. The summed E-state index contributed by atoms with van der Waals surface area (Å²) in [6.45, 7) is 3.97. The first-order valence-corrected chi connectivity index (χ1v) is 12.0. The van der Waals surface area contributed by atoms with E-state index in [0.717, 1.165) is 17.7 Å². The van der Waals surface area contributed by atoms with E-state index in [2.05, 4.69) is 10.2 Å². The zero-order valence-corrected chi connectivity index (χ0v) is 22.4. The maximum absolute atomic E-state index is 11.1. The molecule has 0 aromatic heterocycles. The normalized spacial score (nSPS) is 11.5. The number of non-ortho nitro benzene ring substituents is 1. The second-order valence-electron chi connectivity index (χ2n) is 8.64. The van der Waals surface area contributed by atoms with Gasteiger partial charge in [-0.1, -0.05) is 11.6 Å². The average molecular weight is 549 g/mol. The fourth-order valence-corrected chi connectivity index (χ4v) is 3.99. The summed E-state index contributed by atoms with van der Waals surface area (Å²) in [6, 6.07) is 14.4. The van der Waals surface area contributed by atoms with Gasteiger partial charge in [0, 0.05) is 36.8 Å². The van der Waals surface area contributed by atoms with Gasteiger partial charge in [-0.2, -0.15) is 15.6 Å². The predicted molar refractivity (Wildman–Crippen MR) is 145 cm³/mol. The smallest absolute Gasteiger partial charge is 0.272 e. The number of hydrogen-bond acceptors (Lipinski definition) is 10. The fraction of sp³-hybridized carbons (Fsp3) is 0.259. The minimum absolute atomic E-state index is 0.0655. The molecule has 3 aromatic carbocycles. The highest BCUT2D eigenvalue weighted by Gasteiger charge is 2.18. The highest BCUT2D eigenvalue weighted by atomic mass is 35.5. The minimum atomic E-state index is -0.814. The molecule has 11 nitrogen and oxygen atoms in total. The summed E-state index contributed by atoms with van der Waals surface area (Å²) < 4.78 is 11.3. The monoisotopic (exact) mass is 548 g/mol. The molecule has 0 fully saturated rings. The van der Waals surface area contributed by atoms with Crippen molar-refractivity contribution in [3.05, 3.63) is 79.9 Å². The van der Waals surface area contributed by atoms with Crippen LogP contribution in [0.1, 0.15) is 22.3 Å². The van der Waals surface area contributed by atoms with E-state index in [0.29, 0.717) is 33.5 Å². The Labute approximate surface area is 230 Å². The van der Waals surface area contributed by atoms with Crippen LogP contribution in [0.15, 0.2) is 52.7 Å². The lowest BCUT2D eigenvalue weighted by Crippen LogP contribution is -2.33. The lowest BCUT2D eigenvalue weighted by atomic mass is 10.1. The molecule has 0 radical (unpaired) electrons. The lowest BCUT2D eigenvalue weighted by Gasteiger charge is -2.25. The van der Waals surface area contributed by atoms with Gasteiger partial charge in [0.05, 0.1) is 34.5 Å². The van der Waals surface area contributed by atoms with Gasteiger partial charge < -0.3 is 19.5 Å². The standard InChI is InChI=1S/C27H25ClN6O5/c1-16-8-24(33(3)14-22(35)15-39-25-6-5-20(28)7-17(25)2)26(38-4)11-23(16)31-32-27-18(12-29)9-21(34(36)37)10-19(27)13-30/h5-11,22,35H,14-15H2,1-4H3. The van der Waals surface area contributed by atoms with Gasteiger partial charge >= 0.3 is 0 Å². The van der Waals surface area contributed by atoms with Crippen LogP contribution < -0.4 is 14.4 Å². The van der Waals surface area contributed by atoms with E-state index in [4.69, 9.17) is 21.1 Å². The van der Waals surface area contributed by atoms with E-state index in [1.807, 2.05) is 24.0 Å². The maximum Gasteiger partial charge on any atom is 0.272 e. The van der Waals surface area contributed by atoms with E-state index in [9.17, 15) is 25.7 Å². The van der Waals surface area contributed by atoms with E-state index < -0.39 is 11.0 Å². The Kier molecular flexibility index (Phi) is 9.39. The van der Waals surface area contributed by atoms with Crippen LogP contribution in [0.25, 0.3) is 0 Å². The largest absolute Gasteiger partial charge is 0.495 e. The number of methoxy groups -OCH3 is 1. The Morgan fingerprint density at radius 2 is 1.74 bits per heavy atom. The number of aryl methyl sites for hydroxylation is 2. The molecule has 1 N–H and O–H groups in total. The molecule has 39 heavy (non-hydrogen) atoms. The number of aliphatic hydroxyl groups excluding tert-OH is 1. The zero-order chi connectivity index (χ0) is 28.7. The Balaban J connectivity index is 1.81. The van der Waals surface area contributed by atoms with Crippen molar-refractivity contribution in [3.63, 3.8) is 0 Å². The number of likely N-dealkylation sites (N-methyl/N-ethyl adjacent to an activating group) is 1. The molecule has 1 atom stereocenters. The van der Waals surface area contributed by atoms with Crippen molar-refractivity contribution >= 4 is 34.4 Å². The molecule has 0 spiro atoms. The summed E-state index contributed by atoms with van der Waals surface area (Å²) >= 11 is 5.98. The second kappa shape index (κ2) is 12.7. The van der Waals surface area contributed by atoms with Crippen LogP contribution >= 0.6 is 11.6 Å². The topological polar surface area (TPSA) is 157 Å². The molecule has 0 amide bonds. The third-order valence-electron chi connectivity index (χ3n) is 5.77. The number of nitriles is 2. The Morgan fingerprint density at radius 3 is 2.31 bits per heavy atom. The van der Waals surface area contributed by atoms with Crippen LogP contribution in [0.5, 0.6) is 11.5 Å². The lowest BCUT2D eigenvalue weighted by molar-refractivity contribution is -0.384. The molecular weight excluding hydrogens is 524 g/mol. The molecule has 3 aromatic rings. The molecule has 1 unspecified atom stereocenters. The summed E-state index contributed by atoms with van der Waals surface area (Å²) in [5.74, 6) is 1.08. The summed E-state index contributed by atoms with van der Waals surface area (Å²) in [5.41, 5.74) is 1.91. The number of benzene rings is 3. The van der Waals surface area contributed by atoms with Crippen molar-refractivity contribution in [1.82, 2.24) is 0 Å². The van der Waals surface area contributed by atoms with Crippen LogP contribution in [0.4, 0.5) is 22.7 Å². The number of ether oxygens (including phenoxy) is 2. The van der Waals surface area contributed by atoms with Crippen molar-refractivity contribution < 1.29 is 19.5 Å². The van der Waals surface area contributed by atoms with E-state index in [1.54, 1.807) is 44.3 Å². The minimum Gasteiger partial charge on any atom is -0.495 e. The van der Waals surface area contributed by atoms with Gasteiger partial charge in [0.15, 0.2) is 0 Å². The molecule has 3 rings (SSSR count). The van der Waals surface area contributed by atoms with Crippen LogP contribution in [0, 0.1) is 46.6 Å². The molecule has 0 aliphatic rings. The van der Waals surface area contributed by atoms with Crippen LogP contribution in [0.3, 0.4) is 0 Å². The third kappa shape index (κ3) is 6.99. The van der Waals surface area contributed by atoms with Crippen molar-refractivity contribution in [2.45, 2.75) is 20.0 Å². The Hall–Kier alpha value is -4.71. The molecular formula is C27H25ClN6O5. The number of aliphatic hydroxyl groups is 1. The van der Waals surface area contributed by atoms with Gasteiger partial charge in [0.25, 0.3) is 5.69 Å². The highest BCUT2D eigenvalue weighted by Crippen LogP contribution is 2.37. The SMILES string of the molecule is COc1cc(N=Nc2c(C#N)cc([N+](=O)[O-])cc2C#N)c(C)cc1N(C)CC(O)COc1ccc(Cl)cc1C. The van der Waals surface area contributed by atoms with Crippen molar-refractivity contribution in [3.8, 4) is 23.6 Å². The number of anilines is 1. The molecule has 0 aliphatic heterocycles. The quantitative estimate of drug-likeness (QED) is 0.186. The highest BCUT2D eigenvalue weighted by molar-refractivity contribution is 6.30. The predicted octanol–water partition coefficient (Wildman–Crippen LogP) is 5.91. The van der Waals surface area contributed by atoms with E-state index in [1.165, 1.54) is 7.11 Å². The maximum atomic E-state index is 11.1. The Morgan fingerprint density at radius 1 is 1.08 bits per heavy atom. The van der Waals surface area contributed by atoms with E-state index >= 15 is 0 Å². The van der Waals surface area contributed by atoms with Crippen LogP contribution in [-0.2, 0) is 0 Å². The zero-order valence-electron chi connectivity index (χ0n) is 21.7. The fourth-order valence-electron chi connectivity index (χ4n) is 3.77. The van der Waals surface area contributed by atoms with Crippen LogP contribution in [0.2, 0.25) is 5.02 Å². The molecule has 12 heteroatoms. The van der Waals surface area contributed by atoms with E-state index in [-0.39, 0.29) is 35.7 Å². The van der Waals surface area contributed by atoms with Gasteiger partial charge in [-0.15, -0.1) is 5.11 Å². The first-order chi connectivity index (χ1) is 18.6. The second-order valence-corrected chi connectivity index (χ2v) is 9.07. The van der Waals surface area contributed by atoms with Crippen molar-refractivity contribution in [2.24, 2.45) is 10.2 Å². The number of nitro groups is 1. The summed E-state index contributed by atoms with van der Waals surface area (Å²) in [6.07, 6.45) is -0.814. The van der Waals surface area contributed by atoms with Gasteiger partial charge in [0.2, 0.25) is 0 Å². The van der Waals surface area contributed by atoms with Gasteiger partial charge in [0.1, 0.15) is 42.0 Å². The number of rotatable bonds is 10. The first-order valence-electron chi connectivity index (χ1n) is 11.6. The molecule has 0 saturated heterocycles.